The molecule has 5 nitrogen and oxygen atoms in total. The second-order valence-corrected chi connectivity index (χ2v) is 9.46. The number of urea groups is 1. The summed E-state index contributed by atoms with van der Waals surface area (Å²) in [4.78, 5) is 26.4. The molecule has 0 spiro atoms. The SMILES string of the molecule is O=C1N/C(=C\c2ccc(OCc3ccc4ccccc4c3)c(Br)c2)C(=O)N1Cc1ccc(Cl)cc1. The molecule has 1 saturated heterocycles. The van der Waals surface area contributed by atoms with Crippen LogP contribution in [0.25, 0.3) is 16.8 Å². The molecule has 0 aliphatic carbocycles. The predicted octanol–water partition coefficient (Wildman–Crippen LogP) is 6.93. The highest BCUT2D eigenvalue weighted by Crippen LogP contribution is 2.29. The summed E-state index contributed by atoms with van der Waals surface area (Å²) in [7, 11) is 0. The molecule has 1 heterocycles. The molecule has 5 rings (SSSR count). The van der Waals surface area contributed by atoms with E-state index in [2.05, 4.69) is 51.6 Å². The van der Waals surface area contributed by atoms with Gasteiger partial charge in [-0.25, -0.2) is 4.79 Å². The fourth-order valence-corrected chi connectivity index (χ4v) is 4.50. The second kappa shape index (κ2) is 9.94. The van der Waals surface area contributed by atoms with E-state index in [1.165, 1.54) is 15.7 Å². The zero-order valence-electron chi connectivity index (χ0n) is 18.5. The van der Waals surface area contributed by atoms with Crippen LogP contribution < -0.4 is 10.1 Å². The molecule has 1 fully saturated rings. The van der Waals surface area contributed by atoms with Crippen LogP contribution in [0.2, 0.25) is 5.02 Å². The summed E-state index contributed by atoms with van der Waals surface area (Å²) in [5.41, 5.74) is 2.87. The van der Waals surface area contributed by atoms with Gasteiger partial charge in [0, 0.05) is 5.02 Å². The number of nitrogens with one attached hydrogen (secondary N) is 1. The van der Waals surface area contributed by atoms with Crippen molar-refractivity contribution in [2.45, 2.75) is 13.2 Å². The summed E-state index contributed by atoms with van der Waals surface area (Å²) >= 11 is 9.46. The summed E-state index contributed by atoms with van der Waals surface area (Å²) in [6, 6.07) is 26.6. The normalized spacial score (nSPS) is 14.6. The summed E-state index contributed by atoms with van der Waals surface area (Å²) in [6.45, 7) is 0.600. The third-order valence-corrected chi connectivity index (χ3v) is 6.56. The Labute approximate surface area is 216 Å². The van der Waals surface area contributed by atoms with Crippen molar-refractivity contribution in [2.24, 2.45) is 0 Å². The lowest BCUT2D eigenvalue weighted by Gasteiger charge is -2.11. The number of ether oxygens (including phenoxy) is 1. The third kappa shape index (κ3) is 5.24. The number of nitrogens with zero attached hydrogens (tertiary/aromatic N) is 1. The molecule has 1 aliphatic rings. The molecule has 0 aromatic heterocycles. The van der Waals surface area contributed by atoms with Crippen LogP contribution >= 0.6 is 27.5 Å². The summed E-state index contributed by atoms with van der Waals surface area (Å²) in [6.07, 6.45) is 1.65. The minimum absolute atomic E-state index is 0.171. The van der Waals surface area contributed by atoms with Crippen LogP contribution in [0.3, 0.4) is 0 Å². The summed E-state index contributed by atoms with van der Waals surface area (Å²) in [5.74, 6) is 0.309. The van der Waals surface area contributed by atoms with E-state index in [4.69, 9.17) is 16.3 Å². The van der Waals surface area contributed by atoms with E-state index in [0.717, 1.165) is 21.2 Å². The van der Waals surface area contributed by atoms with E-state index in [1.807, 2.05) is 30.3 Å². The highest BCUT2D eigenvalue weighted by Gasteiger charge is 2.33. The number of fused-ring (bicyclic) bond motifs is 1. The fourth-order valence-electron chi connectivity index (χ4n) is 3.87. The summed E-state index contributed by atoms with van der Waals surface area (Å²) < 4.78 is 6.76. The molecule has 1 N–H and O–H groups in total. The molecule has 0 saturated carbocycles. The van der Waals surface area contributed by atoms with Gasteiger partial charge in [-0.1, -0.05) is 66.2 Å². The average molecular weight is 548 g/mol. The van der Waals surface area contributed by atoms with Crippen LogP contribution in [0.4, 0.5) is 4.79 Å². The van der Waals surface area contributed by atoms with Crippen molar-refractivity contribution in [1.29, 1.82) is 0 Å². The Morgan fingerprint density at radius 1 is 0.886 bits per heavy atom. The first-order valence-corrected chi connectivity index (χ1v) is 12.1. The molecule has 4 aromatic carbocycles. The molecule has 3 amide bonds. The molecule has 0 radical (unpaired) electrons. The molecule has 4 aromatic rings. The number of rotatable bonds is 6. The number of carbonyl (C=O) groups excluding carboxylic acids is 2. The highest BCUT2D eigenvalue weighted by molar-refractivity contribution is 9.10. The fraction of sp³-hybridized carbons (Fsp3) is 0.0714. The second-order valence-electron chi connectivity index (χ2n) is 8.17. The minimum Gasteiger partial charge on any atom is -0.488 e. The van der Waals surface area contributed by atoms with Gasteiger partial charge in [0.1, 0.15) is 18.1 Å². The van der Waals surface area contributed by atoms with Gasteiger partial charge in [0.2, 0.25) is 0 Å². The van der Waals surface area contributed by atoms with Crippen molar-refractivity contribution in [3.63, 3.8) is 0 Å². The Balaban J connectivity index is 1.27. The molecule has 1 aliphatic heterocycles. The van der Waals surface area contributed by atoms with Gasteiger partial charge in [-0.15, -0.1) is 0 Å². The smallest absolute Gasteiger partial charge is 0.329 e. The van der Waals surface area contributed by atoms with Gasteiger partial charge < -0.3 is 10.1 Å². The zero-order chi connectivity index (χ0) is 24.4. The topological polar surface area (TPSA) is 58.6 Å². The average Bonchev–Trinajstić information content (AvgIpc) is 3.12. The number of imide groups is 1. The van der Waals surface area contributed by atoms with Gasteiger partial charge in [0.25, 0.3) is 5.91 Å². The first kappa shape index (κ1) is 23.1. The molecule has 35 heavy (non-hydrogen) atoms. The maximum absolute atomic E-state index is 12.8. The van der Waals surface area contributed by atoms with E-state index in [9.17, 15) is 9.59 Å². The maximum Gasteiger partial charge on any atom is 0.329 e. The summed E-state index contributed by atoms with van der Waals surface area (Å²) in [5, 5.41) is 5.61. The quantitative estimate of drug-likeness (QED) is 0.210. The lowest BCUT2D eigenvalue weighted by atomic mass is 10.1. The Hall–Kier alpha value is -3.61. The van der Waals surface area contributed by atoms with Crippen LogP contribution in [0.15, 0.2) is 95.1 Å². The van der Waals surface area contributed by atoms with Crippen LogP contribution in [0.1, 0.15) is 16.7 Å². The maximum atomic E-state index is 12.8. The van der Waals surface area contributed by atoms with E-state index in [0.29, 0.717) is 17.4 Å². The number of halogens is 2. The van der Waals surface area contributed by atoms with E-state index in [1.54, 1.807) is 30.3 Å². The van der Waals surface area contributed by atoms with Crippen LogP contribution in [-0.2, 0) is 17.9 Å². The molecular formula is C28H20BrClN2O3. The van der Waals surface area contributed by atoms with E-state index >= 15 is 0 Å². The predicted molar refractivity (Wildman–Crippen MR) is 141 cm³/mol. The molecule has 0 unspecified atom stereocenters. The van der Waals surface area contributed by atoms with Crippen molar-refractivity contribution < 1.29 is 14.3 Å². The number of amides is 3. The van der Waals surface area contributed by atoms with Crippen molar-refractivity contribution in [2.75, 3.05) is 0 Å². The van der Waals surface area contributed by atoms with E-state index in [-0.39, 0.29) is 18.1 Å². The zero-order valence-corrected chi connectivity index (χ0v) is 20.8. The number of benzene rings is 4. The van der Waals surface area contributed by atoms with Gasteiger partial charge in [-0.2, -0.15) is 0 Å². The van der Waals surface area contributed by atoms with Gasteiger partial charge in [0.05, 0.1) is 11.0 Å². The largest absolute Gasteiger partial charge is 0.488 e. The Morgan fingerprint density at radius 2 is 1.63 bits per heavy atom. The standard InChI is InChI=1S/C28H20BrClN2O3/c29-24-14-19(8-12-26(24)35-17-20-5-9-21-3-1-2-4-22(21)13-20)15-25-27(33)32(28(34)31-25)16-18-6-10-23(30)11-7-18/h1-15H,16-17H2,(H,31,34)/b25-15-. The lowest BCUT2D eigenvalue weighted by Crippen LogP contribution is -2.30. The number of hydrogen-bond donors (Lipinski definition) is 1. The van der Waals surface area contributed by atoms with Crippen molar-refractivity contribution in [1.82, 2.24) is 10.2 Å². The first-order chi connectivity index (χ1) is 17.0. The number of hydrogen-bond acceptors (Lipinski definition) is 3. The van der Waals surface area contributed by atoms with Crippen LogP contribution in [0.5, 0.6) is 5.75 Å². The molecule has 7 heteroatoms. The Kier molecular flexibility index (Phi) is 6.57. The van der Waals surface area contributed by atoms with E-state index < -0.39 is 6.03 Å². The molecule has 0 atom stereocenters. The molecular weight excluding hydrogens is 528 g/mol. The number of carbonyl (C=O) groups is 2. The van der Waals surface area contributed by atoms with Crippen LogP contribution in [-0.4, -0.2) is 16.8 Å². The monoisotopic (exact) mass is 546 g/mol. The van der Waals surface area contributed by atoms with Gasteiger partial charge in [0.15, 0.2) is 0 Å². The lowest BCUT2D eigenvalue weighted by molar-refractivity contribution is -0.123. The first-order valence-electron chi connectivity index (χ1n) is 11.0. The van der Waals surface area contributed by atoms with Crippen molar-refractivity contribution >= 4 is 56.3 Å². The third-order valence-electron chi connectivity index (χ3n) is 5.69. The van der Waals surface area contributed by atoms with Gasteiger partial charge in [-0.05, 0) is 79.8 Å². The molecule has 174 valence electrons. The van der Waals surface area contributed by atoms with Crippen molar-refractivity contribution in [3.05, 3.63) is 117 Å². The Morgan fingerprint density at radius 3 is 2.40 bits per heavy atom. The van der Waals surface area contributed by atoms with Crippen molar-refractivity contribution in [3.8, 4) is 5.75 Å². The minimum atomic E-state index is -0.453. The Bertz CT molecular complexity index is 1470. The van der Waals surface area contributed by atoms with Gasteiger partial charge in [-0.3, -0.25) is 9.69 Å². The highest BCUT2D eigenvalue weighted by atomic mass is 79.9. The van der Waals surface area contributed by atoms with Crippen LogP contribution in [0, 0.1) is 0 Å². The van der Waals surface area contributed by atoms with Gasteiger partial charge >= 0.3 is 6.03 Å². The molecule has 0 bridgehead atoms.